The molecule has 2 rings (SSSR count). The van der Waals surface area contributed by atoms with Crippen molar-refractivity contribution in [1.82, 2.24) is 5.32 Å². The minimum absolute atomic E-state index is 0.0632. The van der Waals surface area contributed by atoms with Crippen LogP contribution < -0.4 is 10.2 Å². The molecule has 5 heteroatoms. The molecule has 0 atom stereocenters. The van der Waals surface area contributed by atoms with Gasteiger partial charge in [-0.3, -0.25) is 4.79 Å². The number of hydrogen-bond acceptors (Lipinski definition) is 3. The van der Waals surface area contributed by atoms with Crippen LogP contribution in [0.15, 0.2) is 22.8 Å². The highest BCUT2D eigenvalue weighted by atomic mass is 16.5. The molecule has 0 aliphatic carbocycles. The first-order chi connectivity index (χ1) is 7.84. The third-order valence-corrected chi connectivity index (χ3v) is 2.65. The number of furan rings is 1. The van der Waals surface area contributed by atoms with Crippen molar-refractivity contribution >= 4 is 5.91 Å². The maximum absolute atomic E-state index is 11.6. The molecule has 0 radical (unpaired) electrons. The third kappa shape index (κ3) is 3.36. The van der Waals surface area contributed by atoms with E-state index in [4.69, 9.17) is 9.15 Å². The molecular formula is C11H17N2O3+. The first-order valence-electron chi connectivity index (χ1n) is 5.55. The lowest BCUT2D eigenvalue weighted by Crippen LogP contribution is -3.15. The topological polar surface area (TPSA) is 55.9 Å². The van der Waals surface area contributed by atoms with E-state index in [2.05, 4.69) is 5.32 Å². The number of hydrogen-bond donors (Lipinski definition) is 2. The Balaban J connectivity index is 1.67. The van der Waals surface area contributed by atoms with Crippen LogP contribution >= 0.6 is 0 Å². The highest BCUT2D eigenvalue weighted by Gasteiger charge is 2.17. The zero-order valence-electron chi connectivity index (χ0n) is 9.20. The molecular weight excluding hydrogens is 208 g/mol. The fourth-order valence-corrected chi connectivity index (χ4v) is 1.73. The smallest absolute Gasteiger partial charge is 0.275 e. The maximum atomic E-state index is 11.6. The van der Waals surface area contributed by atoms with Gasteiger partial charge in [0.15, 0.2) is 6.54 Å². The van der Waals surface area contributed by atoms with Gasteiger partial charge in [0.1, 0.15) is 18.8 Å². The highest BCUT2D eigenvalue weighted by Crippen LogP contribution is 1.97. The molecule has 5 nitrogen and oxygen atoms in total. The number of ether oxygens (including phenoxy) is 1. The monoisotopic (exact) mass is 225 g/mol. The van der Waals surface area contributed by atoms with E-state index in [1.807, 2.05) is 12.1 Å². The lowest BCUT2D eigenvalue weighted by atomic mass is 10.4. The lowest BCUT2D eigenvalue weighted by molar-refractivity contribution is -0.900. The van der Waals surface area contributed by atoms with Gasteiger partial charge in [0.25, 0.3) is 5.91 Å². The molecule has 88 valence electrons. The van der Waals surface area contributed by atoms with Gasteiger partial charge < -0.3 is 19.4 Å². The molecule has 0 aromatic carbocycles. The van der Waals surface area contributed by atoms with Gasteiger partial charge in [-0.2, -0.15) is 0 Å². The molecule has 0 bridgehead atoms. The minimum atomic E-state index is 0.0632. The molecule has 1 aromatic rings. The van der Waals surface area contributed by atoms with Crippen molar-refractivity contribution < 1.29 is 18.8 Å². The van der Waals surface area contributed by atoms with Gasteiger partial charge >= 0.3 is 0 Å². The zero-order valence-corrected chi connectivity index (χ0v) is 9.20. The van der Waals surface area contributed by atoms with Crippen LogP contribution in [0.1, 0.15) is 5.76 Å². The van der Waals surface area contributed by atoms with Crippen LogP contribution in [0.2, 0.25) is 0 Å². The highest BCUT2D eigenvalue weighted by molar-refractivity contribution is 5.76. The van der Waals surface area contributed by atoms with Crippen LogP contribution in [0.25, 0.3) is 0 Å². The molecule has 0 unspecified atom stereocenters. The molecule has 2 heterocycles. The second-order valence-electron chi connectivity index (χ2n) is 3.90. The van der Waals surface area contributed by atoms with Crippen LogP contribution in [0, 0.1) is 0 Å². The first-order valence-corrected chi connectivity index (χ1v) is 5.55. The molecule has 16 heavy (non-hydrogen) atoms. The van der Waals surface area contributed by atoms with E-state index < -0.39 is 0 Å². The Labute approximate surface area is 94.4 Å². The molecule has 1 aliphatic rings. The molecule has 0 saturated carbocycles. The summed E-state index contributed by atoms with van der Waals surface area (Å²) in [6.45, 7) is 4.31. The summed E-state index contributed by atoms with van der Waals surface area (Å²) < 4.78 is 10.4. The third-order valence-electron chi connectivity index (χ3n) is 2.65. The normalized spacial score (nSPS) is 17.2. The average Bonchev–Trinajstić information content (AvgIpc) is 2.81. The van der Waals surface area contributed by atoms with E-state index in [9.17, 15) is 4.79 Å². The summed E-state index contributed by atoms with van der Waals surface area (Å²) in [5.41, 5.74) is 0. The van der Waals surface area contributed by atoms with Crippen LogP contribution in [0.3, 0.4) is 0 Å². The fraction of sp³-hybridized carbons (Fsp3) is 0.545. The van der Waals surface area contributed by atoms with Crippen molar-refractivity contribution in [1.29, 1.82) is 0 Å². The summed E-state index contributed by atoms with van der Waals surface area (Å²) in [5, 5.41) is 2.84. The predicted molar refractivity (Wildman–Crippen MR) is 56.9 cm³/mol. The summed E-state index contributed by atoms with van der Waals surface area (Å²) in [7, 11) is 0. The van der Waals surface area contributed by atoms with Gasteiger partial charge in [-0.15, -0.1) is 0 Å². The molecule has 2 N–H and O–H groups in total. The summed E-state index contributed by atoms with van der Waals surface area (Å²) in [5.74, 6) is 0.846. The van der Waals surface area contributed by atoms with E-state index in [1.54, 1.807) is 6.26 Å². The number of rotatable bonds is 4. The number of nitrogens with one attached hydrogen (secondary N) is 2. The van der Waals surface area contributed by atoms with Crippen molar-refractivity contribution in [3.63, 3.8) is 0 Å². The van der Waals surface area contributed by atoms with Crippen molar-refractivity contribution in [3.05, 3.63) is 24.2 Å². The van der Waals surface area contributed by atoms with Gasteiger partial charge in [0.2, 0.25) is 0 Å². The van der Waals surface area contributed by atoms with E-state index in [0.29, 0.717) is 13.1 Å². The SMILES string of the molecule is O=C(C[NH+]1CCOCC1)NCc1ccco1. The quantitative estimate of drug-likeness (QED) is 0.677. The fourth-order valence-electron chi connectivity index (χ4n) is 1.73. The Morgan fingerprint density at radius 3 is 2.94 bits per heavy atom. The molecule has 1 amide bonds. The van der Waals surface area contributed by atoms with Crippen molar-refractivity contribution in [3.8, 4) is 0 Å². The van der Waals surface area contributed by atoms with E-state index in [0.717, 1.165) is 32.1 Å². The van der Waals surface area contributed by atoms with E-state index in [-0.39, 0.29) is 5.91 Å². The van der Waals surface area contributed by atoms with Crippen LogP contribution in [-0.4, -0.2) is 38.8 Å². The van der Waals surface area contributed by atoms with Crippen LogP contribution in [-0.2, 0) is 16.1 Å². The maximum Gasteiger partial charge on any atom is 0.275 e. The molecule has 0 spiro atoms. The molecule has 1 saturated heterocycles. The largest absolute Gasteiger partial charge is 0.467 e. The number of morpholine rings is 1. The summed E-state index contributed by atoms with van der Waals surface area (Å²) >= 11 is 0. The Hall–Kier alpha value is -1.33. The molecule has 1 aromatic heterocycles. The van der Waals surface area contributed by atoms with Crippen molar-refractivity contribution in [2.24, 2.45) is 0 Å². The molecule has 1 aliphatic heterocycles. The number of quaternary nitrogens is 1. The zero-order chi connectivity index (χ0) is 11.2. The minimum Gasteiger partial charge on any atom is -0.467 e. The van der Waals surface area contributed by atoms with Gasteiger partial charge in [0, 0.05) is 0 Å². The average molecular weight is 225 g/mol. The standard InChI is InChI=1S/C11H16N2O3/c14-11(9-13-3-6-15-7-4-13)12-8-10-2-1-5-16-10/h1-2,5H,3-4,6-9H2,(H,12,14)/p+1. The van der Waals surface area contributed by atoms with Crippen LogP contribution in [0.5, 0.6) is 0 Å². The first kappa shape index (κ1) is 11.2. The van der Waals surface area contributed by atoms with Gasteiger partial charge in [0.05, 0.1) is 26.0 Å². The Morgan fingerprint density at radius 2 is 2.25 bits per heavy atom. The Morgan fingerprint density at radius 1 is 1.44 bits per heavy atom. The predicted octanol–water partition coefficient (Wildman–Crippen LogP) is -1.19. The number of amides is 1. The summed E-state index contributed by atoms with van der Waals surface area (Å²) in [6, 6.07) is 3.66. The lowest BCUT2D eigenvalue weighted by Gasteiger charge is -2.22. The Kier molecular flexibility index (Phi) is 3.96. The number of carbonyl (C=O) groups excluding carboxylic acids is 1. The van der Waals surface area contributed by atoms with Crippen molar-refractivity contribution in [2.75, 3.05) is 32.8 Å². The van der Waals surface area contributed by atoms with Gasteiger partial charge in [-0.25, -0.2) is 0 Å². The van der Waals surface area contributed by atoms with E-state index in [1.165, 1.54) is 4.90 Å². The second-order valence-corrected chi connectivity index (χ2v) is 3.90. The van der Waals surface area contributed by atoms with Crippen molar-refractivity contribution in [2.45, 2.75) is 6.54 Å². The second kappa shape index (κ2) is 5.67. The van der Waals surface area contributed by atoms with Gasteiger partial charge in [-0.05, 0) is 12.1 Å². The van der Waals surface area contributed by atoms with Crippen LogP contribution in [0.4, 0.5) is 0 Å². The number of carbonyl (C=O) groups is 1. The summed E-state index contributed by atoms with van der Waals surface area (Å²) in [6.07, 6.45) is 1.61. The van der Waals surface area contributed by atoms with E-state index >= 15 is 0 Å². The Bertz CT molecular complexity index is 318. The van der Waals surface area contributed by atoms with Gasteiger partial charge in [-0.1, -0.05) is 0 Å². The summed E-state index contributed by atoms with van der Waals surface area (Å²) in [4.78, 5) is 12.9. The molecule has 1 fully saturated rings.